The number of methoxy groups -OCH3 is 2. The fourth-order valence-electron chi connectivity index (χ4n) is 4.30. The van der Waals surface area contributed by atoms with Crippen LogP contribution in [0.3, 0.4) is 0 Å². The summed E-state index contributed by atoms with van der Waals surface area (Å²) < 4.78 is 42.0. The Morgan fingerprint density at radius 3 is 2.36 bits per heavy atom. The molecule has 0 unspecified atom stereocenters. The van der Waals surface area contributed by atoms with Crippen LogP contribution in [0, 0.1) is 0 Å². The summed E-state index contributed by atoms with van der Waals surface area (Å²) in [5.41, 5.74) is 3.58. The molecule has 0 atom stereocenters. The van der Waals surface area contributed by atoms with Crippen LogP contribution in [-0.2, 0) is 34.2 Å². The molecule has 188 valence electrons. The van der Waals surface area contributed by atoms with Crippen molar-refractivity contribution in [3.8, 4) is 17.2 Å². The Morgan fingerprint density at radius 2 is 1.64 bits per heavy atom. The number of hydrogen-bond acceptors (Lipinski definition) is 7. The third-order valence-electron chi connectivity index (χ3n) is 6.09. The van der Waals surface area contributed by atoms with E-state index in [0.29, 0.717) is 46.8 Å². The van der Waals surface area contributed by atoms with E-state index in [9.17, 15) is 18.0 Å². The fraction of sp³-hybridized carbons (Fsp3) is 0.259. The third kappa shape index (κ3) is 5.21. The maximum Gasteiger partial charge on any atom is 0.274 e. The molecule has 8 nitrogen and oxygen atoms in total. The lowest BCUT2D eigenvalue weighted by atomic mass is 9.99. The van der Waals surface area contributed by atoms with Gasteiger partial charge in [0.15, 0.2) is 23.9 Å². The minimum atomic E-state index is -3.91. The number of para-hydroxylation sites is 1. The fourth-order valence-corrected chi connectivity index (χ4v) is 5.10. The second-order valence-electron chi connectivity index (χ2n) is 8.41. The van der Waals surface area contributed by atoms with Gasteiger partial charge in [0.2, 0.25) is 10.0 Å². The van der Waals surface area contributed by atoms with Gasteiger partial charge in [0.1, 0.15) is 5.75 Å². The van der Waals surface area contributed by atoms with E-state index in [4.69, 9.17) is 14.2 Å². The van der Waals surface area contributed by atoms with Crippen molar-refractivity contribution in [2.24, 2.45) is 0 Å². The predicted octanol–water partition coefficient (Wildman–Crippen LogP) is 3.40. The summed E-state index contributed by atoms with van der Waals surface area (Å²) >= 11 is 0. The summed E-state index contributed by atoms with van der Waals surface area (Å²) in [5, 5.41) is 0. The number of nitrogens with zero attached hydrogens (tertiary/aromatic N) is 1. The lowest BCUT2D eigenvalue weighted by molar-refractivity contribution is -0.129. The molecule has 1 aliphatic carbocycles. The van der Waals surface area contributed by atoms with Crippen molar-refractivity contribution in [2.45, 2.75) is 19.4 Å². The molecule has 0 bridgehead atoms. The van der Waals surface area contributed by atoms with E-state index in [-0.39, 0.29) is 12.3 Å². The van der Waals surface area contributed by atoms with Crippen LogP contribution in [0.2, 0.25) is 0 Å². The molecular formula is C27H27NO7S. The first kappa shape index (κ1) is 25.2. The number of sulfonamides is 1. The summed E-state index contributed by atoms with van der Waals surface area (Å²) in [4.78, 5) is 26.0. The summed E-state index contributed by atoms with van der Waals surface area (Å²) in [5.74, 6) is 0.373. The Bertz CT molecular complexity index is 1420. The first-order valence-corrected chi connectivity index (χ1v) is 13.2. The van der Waals surface area contributed by atoms with E-state index in [1.165, 1.54) is 14.2 Å². The maximum atomic E-state index is 13.0. The molecule has 0 N–H and O–H groups in total. The van der Waals surface area contributed by atoms with Gasteiger partial charge in [-0.15, -0.1) is 0 Å². The van der Waals surface area contributed by atoms with Crippen LogP contribution in [0.4, 0.5) is 0 Å². The van der Waals surface area contributed by atoms with Gasteiger partial charge in [-0.1, -0.05) is 36.4 Å². The third-order valence-corrected chi connectivity index (χ3v) is 7.22. The quantitative estimate of drug-likeness (QED) is 0.459. The van der Waals surface area contributed by atoms with Crippen molar-refractivity contribution >= 4 is 21.7 Å². The van der Waals surface area contributed by atoms with Crippen molar-refractivity contribution in [2.75, 3.05) is 27.1 Å². The molecule has 1 aliphatic rings. The molecule has 0 spiro atoms. The van der Waals surface area contributed by atoms with Crippen LogP contribution in [0.25, 0.3) is 0 Å². The average Bonchev–Trinajstić information content (AvgIpc) is 3.01. The number of hydrogen-bond donors (Lipinski definition) is 0. The van der Waals surface area contributed by atoms with Crippen molar-refractivity contribution in [1.82, 2.24) is 4.31 Å². The lowest BCUT2D eigenvalue weighted by Crippen LogP contribution is -2.38. The van der Waals surface area contributed by atoms with E-state index in [0.717, 1.165) is 21.7 Å². The molecule has 36 heavy (non-hydrogen) atoms. The molecule has 4 rings (SSSR count). The van der Waals surface area contributed by atoms with Gasteiger partial charge >= 0.3 is 0 Å². The zero-order chi connectivity index (χ0) is 25.9. The zero-order valence-corrected chi connectivity index (χ0v) is 21.1. The number of ketones is 1. The number of fused-ring (bicyclic) bond motifs is 2. The Hall–Kier alpha value is -3.85. The van der Waals surface area contributed by atoms with Gasteiger partial charge in [-0.3, -0.25) is 9.59 Å². The number of aryl methyl sites for hydroxylation is 2. The van der Waals surface area contributed by atoms with Crippen molar-refractivity contribution in [1.29, 1.82) is 0 Å². The van der Waals surface area contributed by atoms with E-state index in [1.54, 1.807) is 36.4 Å². The predicted molar refractivity (Wildman–Crippen MR) is 134 cm³/mol. The van der Waals surface area contributed by atoms with Crippen LogP contribution in [0.15, 0.2) is 60.7 Å². The molecule has 0 radical (unpaired) electrons. The second-order valence-corrected chi connectivity index (χ2v) is 10.3. The normalized spacial score (nSPS) is 12.7. The number of ether oxygens (including phenoxy) is 3. The molecule has 1 amide bonds. The largest absolute Gasteiger partial charge is 0.493 e. The molecule has 0 heterocycles. The van der Waals surface area contributed by atoms with Gasteiger partial charge in [-0.25, -0.2) is 12.7 Å². The Kier molecular flexibility index (Phi) is 7.30. The van der Waals surface area contributed by atoms with Crippen molar-refractivity contribution in [3.63, 3.8) is 0 Å². The number of carbonyl (C=O) groups is 2. The number of benzene rings is 3. The van der Waals surface area contributed by atoms with Gasteiger partial charge in [-0.05, 0) is 48.2 Å². The summed E-state index contributed by atoms with van der Waals surface area (Å²) in [6, 6.07) is 17.6. The van der Waals surface area contributed by atoms with E-state index >= 15 is 0 Å². The van der Waals surface area contributed by atoms with E-state index in [2.05, 4.69) is 0 Å². The highest BCUT2D eigenvalue weighted by atomic mass is 32.2. The summed E-state index contributed by atoms with van der Waals surface area (Å²) in [6.07, 6.45) is 2.32. The minimum Gasteiger partial charge on any atom is -0.493 e. The number of amides is 1. The standard InChI is InChI=1S/C27H27NO7S/c1-33-24-10-6-8-20(27(24)34-2)16-28(36(3,31)32)25(29)17-35-21-13-14-23-19(15-21)12-11-18-7-4-5-9-22(18)26(23)30/h4-10,13-15H,11-12,16-17H2,1-3H3. The highest BCUT2D eigenvalue weighted by molar-refractivity contribution is 7.88. The molecule has 0 saturated carbocycles. The molecule has 9 heteroatoms. The Labute approximate surface area is 210 Å². The first-order chi connectivity index (χ1) is 17.2. The molecular weight excluding hydrogens is 482 g/mol. The van der Waals surface area contributed by atoms with Crippen molar-refractivity contribution < 1.29 is 32.2 Å². The Morgan fingerprint density at radius 1 is 0.917 bits per heavy atom. The Balaban J connectivity index is 1.51. The van der Waals surface area contributed by atoms with Crippen LogP contribution in [0.1, 0.15) is 32.6 Å². The highest BCUT2D eigenvalue weighted by Crippen LogP contribution is 2.32. The van der Waals surface area contributed by atoms with Gasteiger partial charge in [0.25, 0.3) is 5.91 Å². The smallest absolute Gasteiger partial charge is 0.274 e. The topological polar surface area (TPSA) is 99.2 Å². The van der Waals surface area contributed by atoms with Gasteiger partial charge in [0.05, 0.1) is 27.0 Å². The number of carbonyl (C=O) groups excluding carboxylic acids is 2. The first-order valence-electron chi connectivity index (χ1n) is 11.3. The molecule has 3 aromatic rings. The van der Waals surface area contributed by atoms with Crippen molar-refractivity contribution in [3.05, 3.63) is 88.5 Å². The molecule has 0 saturated heterocycles. The van der Waals surface area contributed by atoms with Gasteiger partial charge < -0.3 is 14.2 Å². The van der Waals surface area contributed by atoms with Crippen LogP contribution in [0.5, 0.6) is 17.2 Å². The molecule has 0 fully saturated rings. The second kappa shape index (κ2) is 10.4. The van der Waals surface area contributed by atoms with Crippen LogP contribution >= 0.6 is 0 Å². The summed E-state index contributed by atoms with van der Waals surface area (Å²) in [7, 11) is -0.989. The maximum absolute atomic E-state index is 13.0. The van der Waals surface area contributed by atoms with E-state index in [1.807, 2.05) is 24.3 Å². The van der Waals surface area contributed by atoms with Crippen LogP contribution < -0.4 is 14.2 Å². The molecule has 3 aromatic carbocycles. The van der Waals surface area contributed by atoms with Crippen LogP contribution in [-0.4, -0.2) is 51.5 Å². The lowest BCUT2D eigenvalue weighted by Gasteiger charge is -2.22. The minimum absolute atomic E-state index is 0.0452. The SMILES string of the molecule is COc1cccc(CN(C(=O)COc2ccc3c(c2)CCc2ccccc2C3=O)S(C)(=O)=O)c1OC. The highest BCUT2D eigenvalue weighted by Gasteiger charge is 2.27. The summed E-state index contributed by atoms with van der Waals surface area (Å²) in [6.45, 7) is -0.731. The molecule has 0 aromatic heterocycles. The zero-order valence-electron chi connectivity index (χ0n) is 20.3. The van der Waals surface area contributed by atoms with Gasteiger partial charge in [0, 0.05) is 16.7 Å². The monoisotopic (exact) mass is 509 g/mol. The van der Waals surface area contributed by atoms with Gasteiger partial charge in [-0.2, -0.15) is 0 Å². The average molecular weight is 510 g/mol. The number of rotatable bonds is 8. The molecule has 0 aliphatic heterocycles. The van der Waals surface area contributed by atoms with E-state index < -0.39 is 22.5 Å².